The van der Waals surface area contributed by atoms with Crippen molar-refractivity contribution in [2.24, 2.45) is 11.7 Å². The first-order chi connectivity index (χ1) is 17.9. The summed E-state index contributed by atoms with van der Waals surface area (Å²) >= 11 is 0. The van der Waals surface area contributed by atoms with Gasteiger partial charge in [-0.15, -0.1) is 12.4 Å². The lowest BCUT2D eigenvalue weighted by atomic mass is 10.0. The summed E-state index contributed by atoms with van der Waals surface area (Å²) in [5.41, 5.74) is 8.15. The van der Waals surface area contributed by atoms with Gasteiger partial charge in [0.2, 0.25) is 11.8 Å². The molecule has 2 saturated heterocycles. The molecular formula is C27H33ClN4O6. The number of hydrogen-bond donors (Lipinski definition) is 2. The van der Waals surface area contributed by atoms with E-state index in [2.05, 4.69) is 0 Å². The number of hydrogen-bond acceptors (Lipinski definition) is 7. The van der Waals surface area contributed by atoms with Crippen molar-refractivity contribution in [1.82, 2.24) is 9.80 Å². The van der Waals surface area contributed by atoms with Crippen molar-refractivity contribution in [3.05, 3.63) is 54.1 Å². The standard InChI is InChI=1S/C27H32N4O6.ClH/c1-35-25(33)15-21-14-22(31(27(21)34)16-24(32)30-10-12-36-13-11-30)17-37-23-8-6-19(7-9-23)18-2-4-20(5-3-18)26(28)29;/h2-9,21-22H,10-17H2,1H3,(H3,28,29);1H/t21-,22-;/m0./s1. The van der Waals surface area contributed by atoms with Crippen molar-refractivity contribution in [3.8, 4) is 16.9 Å². The van der Waals surface area contributed by atoms with Crippen molar-refractivity contribution in [2.75, 3.05) is 46.6 Å². The van der Waals surface area contributed by atoms with Crippen LogP contribution in [-0.4, -0.2) is 86.0 Å². The fraction of sp³-hybridized carbons (Fsp3) is 0.407. The van der Waals surface area contributed by atoms with E-state index in [-0.39, 0.29) is 55.7 Å². The maximum Gasteiger partial charge on any atom is 0.306 e. The normalized spacial score (nSPS) is 19.0. The molecule has 2 aliphatic rings. The summed E-state index contributed by atoms with van der Waals surface area (Å²) in [4.78, 5) is 41.1. The number of morpholine rings is 1. The number of nitrogens with one attached hydrogen (secondary N) is 1. The lowest BCUT2D eigenvalue weighted by Crippen LogP contribution is -2.48. The lowest BCUT2D eigenvalue weighted by Gasteiger charge is -2.30. The number of amidine groups is 1. The van der Waals surface area contributed by atoms with E-state index in [1.165, 1.54) is 12.0 Å². The highest BCUT2D eigenvalue weighted by Gasteiger charge is 2.42. The SMILES string of the molecule is COC(=O)C[C@@H]1C[C@@H](COc2ccc(-c3ccc(C(=N)N)cc3)cc2)N(CC(=O)N2CCOCC2)C1=O.Cl. The molecule has 3 N–H and O–H groups in total. The molecule has 2 aromatic rings. The van der Waals surface area contributed by atoms with Gasteiger partial charge in [0.05, 0.1) is 38.7 Å². The molecule has 4 rings (SSSR count). The molecule has 0 unspecified atom stereocenters. The third kappa shape index (κ3) is 7.02. The van der Waals surface area contributed by atoms with Gasteiger partial charge in [-0.25, -0.2) is 0 Å². The molecule has 0 aliphatic carbocycles. The second kappa shape index (κ2) is 13.3. The van der Waals surface area contributed by atoms with E-state index in [1.54, 1.807) is 17.0 Å². The van der Waals surface area contributed by atoms with Crippen LogP contribution < -0.4 is 10.5 Å². The molecule has 0 spiro atoms. The number of amides is 2. The summed E-state index contributed by atoms with van der Waals surface area (Å²) in [5.74, 6) is -0.710. The zero-order valence-corrected chi connectivity index (χ0v) is 22.1. The maximum atomic E-state index is 13.1. The van der Waals surface area contributed by atoms with Crippen LogP contribution in [0.5, 0.6) is 5.75 Å². The molecule has 2 aromatic carbocycles. The molecule has 204 valence electrons. The lowest BCUT2D eigenvalue weighted by molar-refractivity contribution is -0.146. The van der Waals surface area contributed by atoms with Crippen LogP contribution in [0.15, 0.2) is 48.5 Å². The minimum atomic E-state index is -0.543. The maximum absolute atomic E-state index is 13.1. The van der Waals surface area contributed by atoms with Gasteiger partial charge >= 0.3 is 5.97 Å². The average molecular weight is 545 g/mol. The number of halogens is 1. The van der Waals surface area contributed by atoms with Crippen LogP contribution in [0.4, 0.5) is 0 Å². The number of benzene rings is 2. The first kappa shape index (κ1) is 28.9. The summed E-state index contributed by atoms with van der Waals surface area (Å²) in [6.07, 6.45) is 0.385. The van der Waals surface area contributed by atoms with Gasteiger partial charge in [-0.05, 0) is 29.7 Å². The van der Waals surface area contributed by atoms with Crippen LogP contribution in [0, 0.1) is 11.3 Å². The quantitative estimate of drug-likeness (QED) is 0.280. The number of nitrogens with zero attached hydrogens (tertiary/aromatic N) is 2. The second-order valence-electron chi connectivity index (χ2n) is 9.15. The molecule has 0 aromatic heterocycles. The molecule has 11 heteroatoms. The Kier molecular flexibility index (Phi) is 10.1. The Morgan fingerprint density at radius 1 is 1.05 bits per heavy atom. The van der Waals surface area contributed by atoms with Crippen LogP contribution in [-0.2, 0) is 23.9 Å². The van der Waals surface area contributed by atoms with Crippen LogP contribution in [0.1, 0.15) is 18.4 Å². The predicted molar refractivity (Wildman–Crippen MR) is 143 cm³/mol. The number of likely N-dealkylation sites (tertiary alicyclic amines) is 1. The van der Waals surface area contributed by atoms with Crippen molar-refractivity contribution < 1.29 is 28.6 Å². The van der Waals surface area contributed by atoms with Crippen LogP contribution in [0.2, 0.25) is 0 Å². The minimum absolute atomic E-state index is 0. The van der Waals surface area contributed by atoms with Crippen molar-refractivity contribution >= 4 is 36.0 Å². The number of ether oxygens (including phenoxy) is 3. The molecule has 0 radical (unpaired) electrons. The third-order valence-electron chi connectivity index (χ3n) is 6.77. The number of nitrogen functional groups attached to an aromatic ring is 1. The Bertz CT molecular complexity index is 1140. The summed E-state index contributed by atoms with van der Waals surface area (Å²) in [6, 6.07) is 14.6. The summed E-state index contributed by atoms with van der Waals surface area (Å²) in [6.45, 7) is 2.10. The van der Waals surface area contributed by atoms with Crippen LogP contribution >= 0.6 is 12.4 Å². The van der Waals surface area contributed by atoms with E-state index < -0.39 is 11.9 Å². The molecule has 0 bridgehead atoms. The molecule has 2 aliphatic heterocycles. The van der Waals surface area contributed by atoms with Crippen molar-refractivity contribution in [1.29, 1.82) is 5.41 Å². The number of esters is 1. The highest BCUT2D eigenvalue weighted by Crippen LogP contribution is 2.29. The van der Waals surface area contributed by atoms with Gasteiger partial charge in [-0.2, -0.15) is 0 Å². The molecule has 2 heterocycles. The van der Waals surface area contributed by atoms with Gasteiger partial charge in [-0.3, -0.25) is 19.8 Å². The molecular weight excluding hydrogens is 512 g/mol. The minimum Gasteiger partial charge on any atom is -0.491 e. The Hall–Kier alpha value is -3.63. The van der Waals surface area contributed by atoms with Crippen molar-refractivity contribution in [3.63, 3.8) is 0 Å². The Balaban J connectivity index is 0.00000400. The number of carbonyl (C=O) groups excluding carboxylic acids is 3. The highest BCUT2D eigenvalue weighted by atomic mass is 35.5. The highest BCUT2D eigenvalue weighted by molar-refractivity contribution is 5.95. The zero-order chi connectivity index (χ0) is 26.4. The van der Waals surface area contributed by atoms with Gasteiger partial charge in [-0.1, -0.05) is 36.4 Å². The Morgan fingerprint density at radius 3 is 2.24 bits per heavy atom. The fourth-order valence-electron chi connectivity index (χ4n) is 4.63. The summed E-state index contributed by atoms with van der Waals surface area (Å²) < 4.78 is 16.1. The van der Waals surface area contributed by atoms with Gasteiger partial charge in [0.25, 0.3) is 0 Å². The van der Waals surface area contributed by atoms with Gasteiger partial charge in [0.1, 0.15) is 24.7 Å². The smallest absolute Gasteiger partial charge is 0.306 e. The van der Waals surface area contributed by atoms with E-state index in [0.29, 0.717) is 44.0 Å². The zero-order valence-electron chi connectivity index (χ0n) is 21.3. The van der Waals surface area contributed by atoms with E-state index in [4.69, 9.17) is 25.4 Å². The largest absolute Gasteiger partial charge is 0.491 e. The van der Waals surface area contributed by atoms with E-state index in [1.807, 2.05) is 36.4 Å². The summed E-state index contributed by atoms with van der Waals surface area (Å²) in [5, 5.41) is 7.52. The van der Waals surface area contributed by atoms with E-state index in [0.717, 1.165) is 11.1 Å². The molecule has 10 nitrogen and oxygen atoms in total. The predicted octanol–water partition coefficient (Wildman–Crippen LogP) is 2.08. The molecule has 38 heavy (non-hydrogen) atoms. The van der Waals surface area contributed by atoms with Gasteiger partial charge in [0.15, 0.2) is 0 Å². The number of rotatable bonds is 9. The number of nitrogens with two attached hydrogens (primary N) is 1. The molecule has 0 saturated carbocycles. The average Bonchev–Trinajstić information content (AvgIpc) is 3.21. The number of carbonyl (C=O) groups is 3. The molecule has 2 fully saturated rings. The van der Waals surface area contributed by atoms with Crippen LogP contribution in [0.3, 0.4) is 0 Å². The van der Waals surface area contributed by atoms with Gasteiger partial charge < -0.3 is 29.7 Å². The monoisotopic (exact) mass is 544 g/mol. The second-order valence-corrected chi connectivity index (χ2v) is 9.15. The first-order valence-electron chi connectivity index (χ1n) is 12.3. The van der Waals surface area contributed by atoms with Crippen molar-refractivity contribution in [2.45, 2.75) is 18.9 Å². The topological polar surface area (TPSA) is 135 Å². The number of methoxy groups -OCH3 is 1. The van der Waals surface area contributed by atoms with Crippen LogP contribution in [0.25, 0.3) is 11.1 Å². The third-order valence-corrected chi connectivity index (χ3v) is 6.77. The van der Waals surface area contributed by atoms with E-state index >= 15 is 0 Å². The van der Waals surface area contributed by atoms with Gasteiger partial charge in [0, 0.05) is 18.7 Å². The molecule has 2 amide bonds. The first-order valence-corrected chi connectivity index (χ1v) is 12.3. The van der Waals surface area contributed by atoms with E-state index in [9.17, 15) is 14.4 Å². The molecule has 2 atom stereocenters. The fourth-order valence-corrected chi connectivity index (χ4v) is 4.63. The Morgan fingerprint density at radius 2 is 1.66 bits per heavy atom. The summed E-state index contributed by atoms with van der Waals surface area (Å²) in [7, 11) is 1.30. The Labute approximate surface area is 227 Å².